The van der Waals surface area contributed by atoms with Gasteiger partial charge in [0.2, 0.25) is 0 Å². The topological polar surface area (TPSA) is 3.24 Å². The highest BCUT2D eigenvalue weighted by molar-refractivity contribution is 5.52. The minimum atomic E-state index is 0.509. The number of allylic oxidation sites excluding steroid dienone is 2. The van der Waals surface area contributed by atoms with Crippen LogP contribution in [0.15, 0.2) is 48.6 Å². The van der Waals surface area contributed by atoms with E-state index in [1.165, 1.54) is 30.5 Å². The molecule has 5 atom stereocenters. The number of nitrogens with zero attached hydrogens (tertiary/aromatic N) is 1. The Balaban J connectivity index is 1.92. The first-order valence-electron chi connectivity index (χ1n) is 10.2. The first-order valence-corrected chi connectivity index (χ1v) is 10.2. The van der Waals surface area contributed by atoms with Crippen molar-refractivity contribution in [2.24, 2.45) is 23.7 Å². The maximum Gasteiger partial charge on any atom is 0.0482 e. The Bertz CT molecular complexity index is 609. The predicted octanol–water partition coefficient (Wildman–Crippen LogP) is 6.39. The van der Waals surface area contributed by atoms with E-state index in [2.05, 4.69) is 88.1 Å². The summed E-state index contributed by atoms with van der Waals surface area (Å²) < 4.78 is 0. The fourth-order valence-corrected chi connectivity index (χ4v) is 4.63. The molecule has 0 heterocycles. The van der Waals surface area contributed by atoms with Gasteiger partial charge in [0.05, 0.1) is 0 Å². The minimum absolute atomic E-state index is 0.509. The van der Waals surface area contributed by atoms with Crippen LogP contribution in [0.5, 0.6) is 0 Å². The molecule has 2 aliphatic rings. The van der Waals surface area contributed by atoms with Crippen LogP contribution in [-0.4, -0.2) is 12.1 Å². The molecule has 0 bridgehead atoms. The van der Waals surface area contributed by atoms with E-state index < -0.39 is 0 Å². The number of aryl methyl sites for hydroxylation is 1. The Kier molecular flexibility index (Phi) is 5.71. The van der Waals surface area contributed by atoms with E-state index in [9.17, 15) is 0 Å². The van der Waals surface area contributed by atoms with Gasteiger partial charge in [-0.25, -0.2) is 0 Å². The molecular weight excluding hydrogens is 302 g/mol. The van der Waals surface area contributed by atoms with Crippen LogP contribution in [0.3, 0.4) is 0 Å². The van der Waals surface area contributed by atoms with Gasteiger partial charge in [0, 0.05) is 17.8 Å². The summed E-state index contributed by atoms with van der Waals surface area (Å²) in [6, 6.07) is 10.2. The van der Waals surface area contributed by atoms with Gasteiger partial charge in [0.15, 0.2) is 0 Å². The Morgan fingerprint density at radius 3 is 2.16 bits per heavy atom. The second-order valence-electron chi connectivity index (χ2n) is 8.70. The van der Waals surface area contributed by atoms with Gasteiger partial charge < -0.3 is 4.90 Å². The van der Waals surface area contributed by atoms with Crippen molar-refractivity contribution in [3.05, 3.63) is 54.1 Å². The van der Waals surface area contributed by atoms with Crippen molar-refractivity contribution in [3.8, 4) is 0 Å². The van der Waals surface area contributed by atoms with Gasteiger partial charge in [0.25, 0.3) is 0 Å². The van der Waals surface area contributed by atoms with Gasteiger partial charge in [-0.1, -0.05) is 69.7 Å². The fourth-order valence-electron chi connectivity index (χ4n) is 4.63. The maximum atomic E-state index is 2.69. The molecule has 0 aliphatic heterocycles. The average Bonchev–Trinajstić information content (AvgIpc) is 2.59. The molecule has 0 N–H and O–H groups in total. The van der Waals surface area contributed by atoms with Crippen LogP contribution in [0.25, 0.3) is 0 Å². The lowest BCUT2D eigenvalue weighted by Crippen LogP contribution is -2.46. The zero-order valence-corrected chi connectivity index (χ0v) is 16.7. The van der Waals surface area contributed by atoms with E-state index >= 15 is 0 Å². The Hall–Kier alpha value is -1.50. The molecule has 1 aromatic carbocycles. The molecular formula is C24H35N. The van der Waals surface area contributed by atoms with Gasteiger partial charge in [-0.05, 0) is 62.0 Å². The summed E-state index contributed by atoms with van der Waals surface area (Å²) >= 11 is 0. The molecule has 0 spiro atoms. The molecule has 0 saturated carbocycles. The fraction of sp³-hybridized carbons (Fsp3) is 0.583. The lowest BCUT2D eigenvalue weighted by atomic mass is 9.75. The van der Waals surface area contributed by atoms with Crippen molar-refractivity contribution in [1.82, 2.24) is 0 Å². The SMILES string of the molecule is Cc1ccc(N(C2C=CC(C)CC2)C2C=CC(C)C(C(C)C)C2)cc1. The minimum Gasteiger partial charge on any atom is -0.359 e. The molecule has 3 rings (SSSR count). The van der Waals surface area contributed by atoms with E-state index in [0.29, 0.717) is 18.0 Å². The number of rotatable bonds is 4. The molecule has 136 valence electrons. The van der Waals surface area contributed by atoms with Gasteiger partial charge in [-0.3, -0.25) is 0 Å². The first-order chi connectivity index (χ1) is 12.0. The van der Waals surface area contributed by atoms with E-state index in [1.54, 1.807) is 0 Å². The molecule has 2 aliphatic carbocycles. The van der Waals surface area contributed by atoms with Crippen LogP contribution in [0.1, 0.15) is 52.5 Å². The van der Waals surface area contributed by atoms with Crippen molar-refractivity contribution in [2.75, 3.05) is 4.90 Å². The van der Waals surface area contributed by atoms with E-state index in [1.807, 2.05) is 0 Å². The third kappa shape index (κ3) is 4.19. The van der Waals surface area contributed by atoms with Crippen LogP contribution in [0.2, 0.25) is 0 Å². The highest BCUT2D eigenvalue weighted by Gasteiger charge is 2.32. The van der Waals surface area contributed by atoms with Gasteiger partial charge in [-0.2, -0.15) is 0 Å². The largest absolute Gasteiger partial charge is 0.359 e. The maximum absolute atomic E-state index is 2.69. The average molecular weight is 338 g/mol. The molecule has 0 amide bonds. The van der Waals surface area contributed by atoms with E-state index in [4.69, 9.17) is 0 Å². The van der Waals surface area contributed by atoms with Gasteiger partial charge >= 0.3 is 0 Å². The van der Waals surface area contributed by atoms with Crippen molar-refractivity contribution in [1.29, 1.82) is 0 Å². The lowest BCUT2D eigenvalue weighted by molar-refractivity contribution is 0.263. The van der Waals surface area contributed by atoms with Crippen LogP contribution < -0.4 is 4.90 Å². The zero-order valence-electron chi connectivity index (χ0n) is 16.7. The first kappa shape index (κ1) is 18.3. The standard InChI is InChI=1S/C24H35N/c1-17(2)24-16-23(15-10-20(24)5)25(21-11-6-18(3)7-12-21)22-13-8-19(4)9-14-22/h6-8,10-13,15,17,19-20,22-24H,9,14,16H2,1-5H3. The molecule has 0 aromatic heterocycles. The smallest absolute Gasteiger partial charge is 0.0482 e. The Morgan fingerprint density at radius 1 is 0.880 bits per heavy atom. The van der Waals surface area contributed by atoms with Crippen LogP contribution >= 0.6 is 0 Å². The number of hydrogen-bond acceptors (Lipinski definition) is 1. The molecule has 0 saturated heterocycles. The second kappa shape index (κ2) is 7.81. The third-order valence-corrected chi connectivity index (χ3v) is 6.31. The molecule has 1 heteroatoms. The monoisotopic (exact) mass is 337 g/mol. The lowest BCUT2D eigenvalue weighted by Gasteiger charge is -2.44. The summed E-state index contributed by atoms with van der Waals surface area (Å²) in [5.41, 5.74) is 2.71. The summed E-state index contributed by atoms with van der Waals surface area (Å²) in [6.07, 6.45) is 13.7. The van der Waals surface area contributed by atoms with E-state index in [0.717, 1.165) is 17.8 Å². The normalized spacial score (nSPS) is 32.2. The summed E-state index contributed by atoms with van der Waals surface area (Å²) in [6.45, 7) is 11.7. The second-order valence-corrected chi connectivity index (χ2v) is 8.70. The van der Waals surface area contributed by atoms with Crippen LogP contribution in [0, 0.1) is 30.6 Å². The molecule has 25 heavy (non-hydrogen) atoms. The molecule has 1 nitrogen and oxygen atoms in total. The number of hydrogen-bond donors (Lipinski definition) is 0. The van der Waals surface area contributed by atoms with Crippen LogP contribution in [0.4, 0.5) is 5.69 Å². The Morgan fingerprint density at radius 2 is 1.56 bits per heavy atom. The summed E-state index contributed by atoms with van der Waals surface area (Å²) in [7, 11) is 0. The van der Waals surface area contributed by atoms with Crippen molar-refractivity contribution < 1.29 is 0 Å². The third-order valence-electron chi connectivity index (χ3n) is 6.31. The summed E-state index contributed by atoms with van der Waals surface area (Å²) in [4.78, 5) is 2.69. The highest BCUT2D eigenvalue weighted by Crippen LogP contribution is 2.37. The highest BCUT2D eigenvalue weighted by atomic mass is 15.2. The molecule has 0 radical (unpaired) electrons. The van der Waals surface area contributed by atoms with Crippen LogP contribution in [-0.2, 0) is 0 Å². The number of anilines is 1. The number of benzene rings is 1. The molecule has 5 unspecified atom stereocenters. The molecule has 0 fully saturated rings. The zero-order chi connectivity index (χ0) is 18.0. The van der Waals surface area contributed by atoms with Gasteiger partial charge in [-0.15, -0.1) is 0 Å². The summed E-state index contributed by atoms with van der Waals surface area (Å²) in [5.74, 6) is 2.93. The molecule has 1 aromatic rings. The van der Waals surface area contributed by atoms with Crippen molar-refractivity contribution in [2.45, 2.75) is 66.0 Å². The van der Waals surface area contributed by atoms with Crippen molar-refractivity contribution >= 4 is 5.69 Å². The Labute approximate surface area is 154 Å². The van der Waals surface area contributed by atoms with Gasteiger partial charge in [0.1, 0.15) is 0 Å². The quantitative estimate of drug-likeness (QED) is 0.575. The predicted molar refractivity (Wildman–Crippen MR) is 110 cm³/mol. The summed E-state index contributed by atoms with van der Waals surface area (Å²) in [5, 5.41) is 0. The van der Waals surface area contributed by atoms with Crippen molar-refractivity contribution in [3.63, 3.8) is 0 Å². The van der Waals surface area contributed by atoms with E-state index in [-0.39, 0.29) is 0 Å².